The van der Waals surface area contributed by atoms with E-state index >= 15 is 0 Å². The van der Waals surface area contributed by atoms with E-state index in [1.807, 2.05) is 0 Å². The highest BCUT2D eigenvalue weighted by molar-refractivity contribution is 6.03. The Morgan fingerprint density at radius 2 is 1.80 bits per heavy atom. The molecule has 0 atom stereocenters. The summed E-state index contributed by atoms with van der Waals surface area (Å²) in [5, 5.41) is 0. The van der Waals surface area contributed by atoms with Gasteiger partial charge in [0.2, 0.25) is 0 Å². The van der Waals surface area contributed by atoms with Crippen LogP contribution in [0.4, 0.5) is 0 Å². The molecule has 1 nitrogen and oxygen atoms in total. The van der Waals surface area contributed by atoms with Crippen LogP contribution in [-0.4, -0.2) is 5.71 Å². The van der Waals surface area contributed by atoms with E-state index in [4.69, 9.17) is 4.99 Å². The molecular formula is C19H21N. The topological polar surface area (TPSA) is 12.4 Å². The maximum atomic E-state index is 4.89. The van der Waals surface area contributed by atoms with E-state index in [1.165, 1.54) is 46.4 Å². The van der Waals surface area contributed by atoms with Gasteiger partial charge in [-0.25, -0.2) is 0 Å². The summed E-state index contributed by atoms with van der Waals surface area (Å²) in [6.07, 6.45) is 3.54. The van der Waals surface area contributed by atoms with Gasteiger partial charge in [0, 0.05) is 5.71 Å². The Morgan fingerprint density at radius 1 is 1.00 bits per heavy atom. The summed E-state index contributed by atoms with van der Waals surface area (Å²) in [6.45, 7) is 5.20. The molecule has 0 bridgehead atoms. The van der Waals surface area contributed by atoms with Crippen molar-refractivity contribution in [1.82, 2.24) is 0 Å². The fourth-order valence-electron chi connectivity index (χ4n) is 3.09. The van der Waals surface area contributed by atoms with Gasteiger partial charge in [-0.05, 0) is 61.4 Å². The molecule has 0 heterocycles. The van der Waals surface area contributed by atoms with Crippen molar-refractivity contribution in [3.8, 4) is 0 Å². The lowest BCUT2D eigenvalue weighted by Crippen LogP contribution is -2.14. The normalized spacial score (nSPS) is 16.2. The van der Waals surface area contributed by atoms with E-state index in [0.717, 1.165) is 13.0 Å². The van der Waals surface area contributed by atoms with Gasteiger partial charge < -0.3 is 0 Å². The number of nitrogens with zero attached hydrogens (tertiary/aromatic N) is 1. The smallest absolute Gasteiger partial charge is 0.0643 e. The SMILES string of the molecule is Cc1cc(C)c2c(c1)C(=NCc1ccccc1)CCC2. The van der Waals surface area contributed by atoms with Crippen LogP contribution < -0.4 is 0 Å². The highest BCUT2D eigenvalue weighted by Crippen LogP contribution is 2.26. The zero-order valence-electron chi connectivity index (χ0n) is 12.3. The summed E-state index contributed by atoms with van der Waals surface area (Å²) in [5.41, 5.74) is 8.25. The Bertz CT molecular complexity index is 638. The highest BCUT2D eigenvalue weighted by Gasteiger charge is 2.17. The Labute approximate surface area is 121 Å². The molecule has 0 N–H and O–H groups in total. The van der Waals surface area contributed by atoms with E-state index in [2.05, 4.69) is 56.3 Å². The molecule has 0 saturated carbocycles. The first-order valence-electron chi connectivity index (χ1n) is 7.42. The molecule has 1 aliphatic carbocycles. The van der Waals surface area contributed by atoms with Crippen LogP contribution in [0.5, 0.6) is 0 Å². The minimum Gasteiger partial charge on any atom is -0.284 e. The Hall–Kier alpha value is -1.89. The van der Waals surface area contributed by atoms with Gasteiger partial charge in [0.05, 0.1) is 6.54 Å². The van der Waals surface area contributed by atoms with Gasteiger partial charge in [0.25, 0.3) is 0 Å². The molecule has 0 aromatic heterocycles. The first-order chi connectivity index (χ1) is 9.74. The molecule has 102 valence electrons. The summed E-state index contributed by atoms with van der Waals surface area (Å²) < 4.78 is 0. The lowest BCUT2D eigenvalue weighted by Gasteiger charge is -2.21. The molecule has 0 unspecified atom stereocenters. The predicted molar refractivity (Wildman–Crippen MR) is 85.5 cm³/mol. The molecule has 0 spiro atoms. The maximum absolute atomic E-state index is 4.89. The van der Waals surface area contributed by atoms with Crippen molar-refractivity contribution in [3.05, 3.63) is 70.3 Å². The van der Waals surface area contributed by atoms with E-state index in [1.54, 1.807) is 0 Å². The van der Waals surface area contributed by atoms with Crippen molar-refractivity contribution in [2.45, 2.75) is 39.7 Å². The average Bonchev–Trinajstić information content (AvgIpc) is 2.46. The van der Waals surface area contributed by atoms with Gasteiger partial charge in [0.1, 0.15) is 0 Å². The van der Waals surface area contributed by atoms with Gasteiger partial charge in [-0.1, -0.05) is 42.0 Å². The first kappa shape index (κ1) is 13.1. The number of aliphatic imine (C=N–C) groups is 1. The maximum Gasteiger partial charge on any atom is 0.0643 e. The van der Waals surface area contributed by atoms with Crippen LogP contribution in [0.3, 0.4) is 0 Å². The summed E-state index contributed by atoms with van der Waals surface area (Å²) in [4.78, 5) is 4.89. The van der Waals surface area contributed by atoms with E-state index in [0.29, 0.717) is 0 Å². The van der Waals surface area contributed by atoms with Gasteiger partial charge in [-0.15, -0.1) is 0 Å². The van der Waals surface area contributed by atoms with E-state index in [-0.39, 0.29) is 0 Å². The highest BCUT2D eigenvalue weighted by atomic mass is 14.7. The minimum absolute atomic E-state index is 0.794. The number of aryl methyl sites for hydroxylation is 2. The molecule has 0 radical (unpaired) electrons. The zero-order chi connectivity index (χ0) is 13.9. The van der Waals surface area contributed by atoms with E-state index in [9.17, 15) is 0 Å². The van der Waals surface area contributed by atoms with Gasteiger partial charge >= 0.3 is 0 Å². The summed E-state index contributed by atoms with van der Waals surface area (Å²) in [7, 11) is 0. The summed E-state index contributed by atoms with van der Waals surface area (Å²) >= 11 is 0. The largest absolute Gasteiger partial charge is 0.284 e. The molecule has 20 heavy (non-hydrogen) atoms. The van der Waals surface area contributed by atoms with Crippen molar-refractivity contribution in [2.24, 2.45) is 4.99 Å². The molecule has 0 fully saturated rings. The standard InChI is InChI=1S/C19H21N/c1-14-11-15(2)17-9-6-10-19(18(17)12-14)20-13-16-7-4-3-5-8-16/h3-5,7-8,11-12H,6,9-10,13H2,1-2H3. The van der Waals surface area contributed by atoms with Crippen molar-refractivity contribution in [3.63, 3.8) is 0 Å². The van der Waals surface area contributed by atoms with Gasteiger partial charge in [-0.2, -0.15) is 0 Å². The number of rotatable bonds is 2. The van der Waals surface area contributed by atoms with Crippen LogP contribution >= 0.6 is 0 Å². The van der Waals surface area contributed by atoms with Gasteiger partial charge in [-0.3, -0.25) is 4.99 Å². The summed E-state index contributed by atoms with van der Waals surface area (Å²) in [6, 6.07) is 15.1. The predicted octanol–water partition coefficient (Wildman–Crippen LogP) is 4.63. The third-order valence-corrected chi connectivity index (χ3v) is 4.06. The Morgan fingerprint density at radius 3 is 2.60 bits per heavy atom. The van der Waals surface area contributed by atoms with Gasteiger partial charge in [0.15, 0.2) is 0 Å². The Kier molecular flexibility index (Phi) is 3.68. The lowest BCUT2D eigenvalue weighted by atomic mass is 9.86. The molecule has 0 saturated heterocycles. The fourth-order valence-corrected chi connectivity index (χ4v) is 3.09. The fraction of sp³-hybridized carbons (Fsp3) is 0.316. The molecule has 2 aromatic carbocycles. The molecular weight excluding hydrogens is 242 g/mol. The number of hydrogen-bond donors (Lipinski definition) is 0. The minimum atomic E-state index is 0.794. The van der Waals surface area contributed by atoms with Crippen LogP contribution in [0.1, 0.15) is 40.7 Å². The second kappa shape index (κ2) is 5.62. The molecule has 2 aromatic rings. The lowest BCUT2D eigenvalue weighted by molar-refractivity contribution is 0.824. The third kappa shape index (κ3) is 2.67. The number of benzene rings is 2. The number of fused-ring (bicyclic) bond motifs is 1. The second-order valence-corrected chi connectivity index (χ2v) is 5.71. The van der Waals surface area contributed by atoms with Crippen LogP contribution in [0.25, 0.3) is 0 Å². The molecule has 3 rings (SSSR count). The quantitative estimate of drug-likeness (QED) is 0.749. The van der Waals surface area contributed by atoms with Crippen molar-refractivity contribution in [2.75, 3.05) is 0 Å². The van der Waals surface area contributed by atoms with Crippen LogP contribution in [-0.2, 0) is 13.0 Å². The Balaban J connectivity index is 1.93. The molecule has 0 amide bonds. The first-order valence-corrected chi connectivity index (χ1v) is 7.42. The molecule has 0 aliphatic heterocycles. The molecule has 1 heteroatoms. The molecule has 1 aliphatic rings. The van der Waals surface area contributed by atoms with Crippen LogP contribution in [0.15, 0.2) is 47.5 Å². The van der Waals surface area contributed by atoms with Crippen LogP contribution in [0, 0.1) is 13.8 Å². The van der Waals surface area contributed by atoms with Crippen LogP contribution in [0.2, 0.25) is 0 Å². The van der Waals surface area contributed by atoms with E-state index < -0.39 is 0 Å². The average molecular weight is 263 g/mol. The second-order valence-electron chi connectivity index (χ2n) is 5.71. The van der Waals surface area contributed by atoms with Crippen molar-refractivity contribution < 1.29 is 0 Å². The summed E-state index contributed by atoms with van der Waals surface area (Å²) in [5.74, 6) is 0. The van der Waals surface area contributed by atoms with Crippen molar-refractivity contribution in [1.29, 1.82) is 0 Å². The third-order valence-electron chi connectivity index (χ3n) is 4.06. The van der Waals surface area contributed by atoms with Crippen molar-refractivity contribution >= 4 is 5.71 Å². The monoisotopic (exact) mass is 263 g/mol. The zero-order valence-corrected chi connectivity index (χ0v) is 12.3. The number of hydrogen-bond acceptors (Lipinski definition) is 1.